The predicted octanol–water partition coefficient (Wildman–Crippen LogP) is 3.24. The van der Waals surface area contributed by atoms with Crippen molar-refractivity contribution in [2.24, 2.45) is 0 Å². The van der Waals surface area contributed by atoms with Crippen LogP contribution in [-0.2, 0) is 0 Å². The molecule has 2 rings (SSSR count). The lowest BCUT2D eigenvalue weighted by Gasteiger charge is -1.95. The zero-order valence-corrected chi connectivity index (χ0v) is 7.29. The first-order valence-corrected chi connectivity index (χ1v) is 4.14. The van der Waals surface area contributed by atoms with Crippen LogP contribution in [0.4, 0.5) is 0 Å². The van der Waals surface area contributed by atoms with Gasteiger partial charge in [0, 0.05) is 10.5 Å². The Labute approximate surface area is 76.4 Å². The third kappa shape index (κ3) is 1.38. The van der Waals surface area contributed by atoms with Gasteiger partial charge in [-0.2, -0.15) is 0 Å². The summed E-state index contributed by atoms with van der Waals surface area (Å²) < 4.78 is 5.23. The SMILES string of the molecule is Sc1ccc(-c2ccco2)cc1. The molecule has 1 heterocycles. The van der Waals surface area contributed by atoms with E-state index in [0.29, 0.717) is 0 Å². The van der Waals surface area contributed by atoms with Crippen molar-refractivity contribution in [3.05, 3.63) is 42.7 Å². The van der Waals surface area contributed by atoms with E-state index in [2.05, 4.69) is 12.6 Å². The highest BCUT2D eigenvalue weighted by molar-refractivity contribution is 7.80. The van der Waals surface area contributed by atoms with Crippen molar-refractivity contribution < 1.29 is 4.42 Å². The zero-order chi connectivity index (χ0) is 8.39. The fraction of sp³-hybridized carbons (Fsp3) is 0. The molecule has 0 bridgehead atoms. The van der Waals surface area contributed by atoms with Crippen LogP contribution in [0.3, 0.4) is 0 Å². The molecule has 0 saturated heterocycles. The van der Waals surface area contributed by atoms with Crippen molar-refractivity contribution in [3.63, 3.8) is 0 Å². The van der Waals surface area contributed by atoms with E-state index < -0.39 is 0 Å². The Hall–Kier alpha value is -1.15. The van der Waals surface area contributed by atoms with Crippen molar-refractivity contribution in [3.8, 4) is 11.3 Å². The van der Waals surface area contributed by atoms with Gasteiger partial charge in [0.15, 0.2) is 0 Å². The molecule has 0 spiro atoms. The summed E-state index contributed by atoms with van der Waals surface area (Å²) >= 11 is 4.20. The van der Waals surface area contributed by atoms with E-state index in [1.807, 2.05) is 36.4 Å². The van der Waals surface area contributed by atoms with E-state index >= 15 is 0 Å². The van der Waals surface area contributed by atoms with E-state index in [4.69, 9.17) is 4.42 Å². The lowest BCUT2D eigenvalue weighted by Crippen LogP contribution is -1.71. The molecule has 0 aliphatic heterocycles. The maximum atomic E-state index is 5.23. The molecule has 0 saturated carbocycles. The van der Waals surface area contributed by atoms with E-state index in [0.717, 1.165) is 16.2 Å². The summed E-state index contributed by atoms with van der Waals surface area (Å²) in [7, 11) is 0. The van der Waals surface area contributed by atoms with Gasteiger partial charge in [-0.25, -0.2) is 0 Å². The van der Waals surface area contributed by atoms with Gasteiger partial charge in [-0.3, -0.25) is 0 Å². The van der Waals surface area contributed by atoms with Crippen LogP contribution in [0.15, 0.2) is 52.0 Å². The molecule has 0 aliphatic carbocycles. The molecular formula is C10H8OS. The molecule has 0 atom stereocenters. The minimum Gasteiger partial charge on any atom is -0.464 e. The maximum Gasteiger partial charge on any atom is 0.133 e. The summed E-state index contributed by atoms with van der Waals surface area (Å²) in [5, 5.41) is 0. The second-order valence-electron chi connectivity index (χ2n) is 2.52. The van der Waals surface area contributed by atoms with Crippen LogP contribution in [-0.4, -0.2) is 0 Å². The zero-order valence-electron chi connectivity index (χ0n) is 6.40. The van der Waals surface area contributed by atoms with Gasteiger partial charge in [-0.05, 0) is 24.3 Å². The number of benzene rings is 1. The van der Waals surface area contributed by atoms with Gasteiger partial charge in [-0.1, -0.05) is 12.1 Å². The Bertz CT molecular complexity index is 348. The summed E-state index contributed by atoms with van der Waals surface area (Å²) in [5.74, 6) is 0.892. The normalized spacial score (nSPS) is 10.1. The molecule has 12 heavy (non-hydrogen) atoms. The van der Waals surface area contributed by atoms with Gasteiger partial charge in [0.25, 0.3) is 0 Å². The van der Waals surface area contributed by atoms with Crippen LogP contribution in [0.1, 0.15) is 0 Å². The molecule has 0 amide bonds. The number of rotatable bonds is 1. The summed E-state index contributed by atoms with van der Waals surface area (Å²) in [4.78, 5) is 0.963. The fourth-order valence-corrected chi connectivity index (χ4v) is 1.22. The molecule has 2 aromatic rings. The Morgan fingerprint density at radius 1 is 1.00 bits per heavy atom. The summed E-state index contributed by atoms with van der Waals surface area (Å²) in [6.45, 7) is 0. The van der Waals surface area contributed by atoms with E-state index in [1.54, 1.807) is 6.26 Å². The first-order valence-electron chi connectivity index (χ1n) is 3.69. The number of thiol groups is 1. The molecule has 1 nitrogen and oxygen atoms in total. The minimum atomic E-state index is 0.892. The molecule has 0 N–H and O–H groups in total. The number of furan rings is 1. The standard InChI is InChI=1S/C10H8OS/c12-9-5-3-8(4-6-9)10-2-1-7-11-10/h1-7,12H. The first-order chi connectivity index (χ1) is 5.86. The maximum absolute atomic E-state index is 5.23. The van der Waals surface area contributed by atoms with Crippen LogP contribution < -0.4 is 0 Å². The van der Waals surface area contributed by atoms with Crippen molar-refractivity contribution in [2.75, 3.05) is 0 Å². The first kappa shape index (κ1) is 7.50. The van der Waals surface area contributed by atoms with Crippen LogP contribution >= 0.6 is 12.6 Å². The molecule has 2 heteroatoms. The highest BCUT2D eigenvalue weighted by Crippen LogP contribution is 2.20. The van der Waals surface area contributed by atoms with Crippen LogP contribution in [0.5, 0.6) is 0 Å². The highest BCUT2D eigenvalue weighted by atomic mass is 32.1. The van der Waals surface area contributed by atoms with E-state index in [-0.39, 0.29) is 0 Å². The summed E-state index contributed by atoms with van der Waals surface area (Å²) in [6.07, 6.45) is 1.67. The van der Waals surface area contributed by atoms with Crippen molar-refractivity contribution >= 4 is 12.6 Å². The Morgan fingerprint density at radius 2 is 1.75 bits per heavy atom. The molecule has 1 aromatic carbocycles. The van der Waals surface area contributed by atoms with Crippen LogP contribution in [0.2, 0.25) is 0 Å². The largest absolute Gasteiger partial charge is 0.464 e. The van der Waals surface area contributed by atoms with Gasteiger partial charge in [0.2, 0.25) is 0 Å². The van der Waals surface area contributed by atoms with Gasteiger partial charge in [-0.15, -0.1) is 12.6 Å². The second-order valence-corrected chi connectivity index (χ2v) is 3.04. The number of hydrogen-bond acceptors (Lipinski definition) is 2. The van der Waals surface area contributed by atoms with E-state index in [9.17, 15) is 0 Å². The van der Waals surface area contributed by atoms with Crippen molar-refractivity contribution in [1.82, 2.24) is 0 Å². The summed E-state index contributed by atoms with van der Waals surface area (Å²) in [6, 6.07) is 11.7. The van der Waals surface area contributed by atoms with Crippen LogP contribution in [0.25, 0.3) is 11.3 Å². The molecule has 0 radical (unpaired) electrons. The lowest BCUT2D eigenvalue weighted by atomic mass is 10.2. The third-order valence-electron chi connectivity index (χ3n) is 1.67. The quantitative estimate of drug-likeness (QED) is 0.658. The fourth-order valence-electron chi connectivity index (χ4n) is 1.07. The van der Waals surface area contributed by atoms with Gasteiger partial charge < -0.3 is 4.42 Å². The Kier molecular flexibility index (Phi) is 1.92. The van der Waals surface area contributed by atoms with Crippen molar-refractivity contribution in [1.29, 1.82) is 0 Å². The van der Waals surface area contributed by atoms with Gasteiger partial charge in [0.1, 0.15) is 5.76 Å². The van der Waals surface area contributed by atoms with E-state index in [1.165, 1.54) is 0 Å². The third-order valence-corrected chi connectivity index (χ3v) is 1.97. The number of hydrogen-bond donors (Lipinski definition) is 1. The van der Waals surface area contributed by atoms with Gasteiger partial charge >= 0.3 is 0 Å². The molecule has 0 aliphatic rings. The topological polar surface area (TPSA) is 13.1 Å². The smallest absolute Gasteiger partial charge is 0.133 e. The molecular weight excluding hydrogens is 168 g/mol. The second kappa shape index (κ2) is 3.07. The minimum absolute atomic E-state index is 0.892. The molecule has 0 fully saturated rings. The Balaban J connectivity index is 2.43. The van der Waals surface area contributed by atoms with Crippen LogP contribution in [0, 0.1) is 0 Å². The molecule has 60 valence electrons. The lowest BCUT2D eigenvalue weighted by molar-refractivity contribution is 0.582. The molecule has 0 unspecified atom stereocenters. The highest BCUT2D eigenvalue weighted by Gasteiger charge is 1.97. The van der Waals surface area contributed by atoms with Gasteiger partial charge in [0.05, 0.1) is 6.26 Å². The summed E-state index contributed by atoms with van der Waals surface area (Å²) in [5.41, 5.74) is 1.08. The van der Waals surface area contributed by atoms with Crippen molar-refractivity contribution in [2.45, 2.75) is 4.90 Å². The average Bonchev–Trinajstić information content (AvgIpc) is 2.58. The Morgan fingerprint density at radius 3 is 2.33 bits per heavy atom. The monoisotopic (exact) mass is 176 g/mol. The average molecular weight is 176 g/mol. The predicted molar refractivity (Wildman–Crippen MR) is 51.4 cm³/mol. The molecule has 1 aromatic heterocycles.